The first kappa shape index (κ1) is 11.1. The molecule has 13 heavy (non-hydrogen) atoms. The lowest BCUT2D eigenvalue weighted by molar-refractivity contribution is 1.27. The van der Waals surface area contributed by atoms with Crippen molar-refractivity contribution in [2.75, 3.05) is 0 Å². The third-order valence-corrected chi connectivity index (χ3v) is 1.57. The van der Waals surface area contributed by atoms with Crippen molar-refractivity contribution in [1.29, 1.82) is 0 Å². The van der Waals surface area contributed by atoms with Gasteiger partial charge in [0.05, 0.1) is 11.2 Å². The highest BCUT2D eigenvalue weighted by Gasteiger charge is 2.15. The highest BCUT2D eigenvalue weighted by Crippen LogP contribution is 2.24. The van der Waals surface area contributed by atoms with E-state index in [-0.39, 0.29) is 0 Å². The first-order valence-corrected chi connectivity index (χ1v) is 4.72. The summed E-state index contributed by atoms with van der Waals surface area (Å²) in [5, 5.41) is 0.535. The Labute approximate surface area is 95.5 Å². The van der Waals surface area contributed by atoms with Crippen molar-refractivity contribution in [2.24, 2.45) is 4.99 Å². The fraction of sp³-hybridized carbons (Fsp3) is 0.143. The molecule has 0 N–H and O–H groups in total. The molecule has 1 aromatic heterocycles. The Hall–Kier alpha value is -0.0200. The number of halogens is 4. The van der Waals surface area contributed by atoms with Crippen LogP contribution in [0.5, 0.6) is 0 Å². The summed E-state index contributed by atoms with van der Waals surface area (Å²) < 4.78 is -1.50. The Morgan fingerprint density at radius 2 is 2.00 bits per heavy atom. The van der Waals surface area contributed by atoms with Gasteiger partial charge in [0.1, 0.15) is 0 Å². The van der Waals surface area contributed by atoms with Gasteiger partial charge < -0.3 is 0 Å². The fourth-order valence-corrected chi connectivity index (χ4v) is 0.842. The second-order valence-corrected chi connectivity index (χ2v) is 4.94. The van der Waals surface area contributed by atoms with Crippen LogP contribution in [0.4, 0.5) is 5.82 Å². The number of nitrogens with zero attached hydrogens (tertiary/aromatic N) is 2. The van der Waals surface area contributed by atoms with E-state index in [2.05, 4.69) is 9.98 Å². The third kappa shape index (κ3) is 4.67. The summed E-state index contributed by atoms with van der Waals surface area (Å²) in [6, 6.07) is 3.27. The molecule has 1 heterocycles. The predicted octanol–water partition coefficient (Wildman–Crippen LogP) is 3.81. The fourth-order valence-electron chi connectivity index (χ4n) is 0.584. The molecule has 0 unspecified atom stereocenters. The maximum Gasteiger partial charge on any atom is 0.225 e. The maximum atomic E-state index is 5.61. The number of aliphatic imine (C=N–C) groups is 1. The van der Waals surface area contributed by atoms with Gasteiger partial charge in [0.2, 0.25) is 3.79 Å². The van der Waals surface area contributed by atoms with Crippen molar-refractivity contribution in [1.82, 2.24) is 4.98 Å². The number of aromatic nitrogens is 1. The molecule has 0 aliphatic rings. The lowest BCUT2D eigenvalue weighted by atomic mass is 10.5. The minimum atomic E-state index is -1.50. The third-order valence-electron chi connectivity index (χ3n) is 1.05. The lowest BCUT2D eigenvalue weighted by Gasteiger charge is -2.00. The minimum absolute atomic E-state index is 0.440. The van der Waals surface area contributed by atoms with E-state index in [0.717, 1.165) is 0 Å². The Morgan fingerprint density at radius 1 is 1.31 bits per heavy atom. The first-order valence-electron chi connectivity index (χ1n) is 3.21. The summed E-state index contributed by atoms with van der Waals surface area (Å²) in [7, 11) is 0. The number of hydrogen-bond acceptors (Lipinski definition) is 2. The van der Waals surface area contributed by atoms with Crippen LogP contribution >= 0.6 is 46.4 Å². The zero-order valence-electron chi connectivity index (χ0n) is 6.22. The Morgan fingerprint density at radius 3 is 2.46 bits per heavy atom. The van der Waals surface area contributed by atoms with E-state index in [1.165, 1.54) is 12.4 Å². The van der Waals surface area contributed by atoms with Crippen molar-refractivity contribution >= 4 is 58.4 Å². The summed E-state index contributed by atoms with van der Waals surface area (Å²) in [6.07, 6.45) is 2.64. The van der Waals surface area contributed by atoms with Gasteiger partial charge in [-0.25, -0.2) is 9.98 Å². The van der Waals surface area contributed by atoms with Crippen LogP contribution in [-0.4, -0.2) is 15.0 Å². The normalized spacial score (nSPS) is 12.3. The van der Waals surface area contributed by atoms with Gasteiger partial charge in [-0.05, 0) is 12.1 Å². The Balaban J connectivity index is 2.75. The molecule has 0 bridgehead atoms. The van der Waals surface area contributed by atoms with Gasteiger partial charge in [-0.1, -0.05) is 46.4 Å². The molecule has 0 atom stereocenters. The van der Waals surface area contributed by atoms with Crippen LogP contribution in [0.3, 0.4) is 0 Å². The predicted molar refractivity (Wildman–Crippen MR) is 57.7 cm³/mol. The smallest absolute Gasteiger partial charge is 0.225 e. The number of alkyl halides is 3. The van der Waals surface area contributed by atoms with Crippen molar-refractivity contribution in [3.63, 3.8) is 0 Å². The van der Waals surface area contributed by atoms with Gasteiger partial charge in [0.25, 0.3) is 0 Å². The number of rotatable bonds is 1. The standard InChI is InChI=1S/C7H4Cl4N2/c8-5-1-2-6(12-3-5)13-4-7(9,10)11/h1-4H. The number of pyridine rings is 1. The van der Waals surface area contributed by atoms with Crippen LogP contribution in [0.25, 0.3) is 0 Å². The van der Waals surface area contributed by atoms with Gasteiger partial charge in [0.15, 0.2) is 5.82 Å². The van der Waals surface area contributed by atoms with Gasteiger partial charge in [-0.2, -0.15) is 0 Å². The van der Waals surface area contributed by atoms with E-state index in [4.69, 9.17) is 46.4 Å². The molecule has 0 amide bonds. The molecule has 70 valence electrons. The van der Waals surface area contributed by atoms with E-state index in [9.17, 15) is 0 Å². The first-order chi connectivity index (χ1) is 5.97. The summed E-state index contributed by atoms with van der Waals surface area (Å²) in [6.45, 7) is 0. The lowest BCUT2D eigenvalue weighted by Crippen LogP contribution is -2.02. The van der Waals surface area contributed by atoms with Gasteiger partial charge in [0, 0.05) is 6.20 Å². The quantitative estimate of drug-likeness (QED) is 0.555. The van der Waals surface area contributed by atoms with Crippen LogP contribution in [0.2, 0.25) is 5.02 Å². The van der Waals surface area contributed by atoms with Crippen molar-refractivity contribution in [3.05, 3.63) is 23.4 Å². The summed E-state index contributed by atoms with van der Waals surface area (Å²) in [5.41, 5.74) is 0. The molecule has 0 saturated heterocycles. The summed E-state index contributed by atoms with van der Waals surface area (Å²) in [5.74, 6) is 0.440. The number of hydrogen-bond donors (Lipinski definition) is 0. The molecule has 0 aliphatic carbocycles. The molecule has 1 rings (SSSR count). The largest absolute Gasteiger partial charge is 0.237 e. The second kappa shape index (κ2) is 4.47. The van der Waals surface area contributed by atoms with E-state index in [0.29, 0.717) is 10.8 Å². The molecule has 0 fully saturated rings. The van der Waals surface area contributed by atoms with E-state index < -0.39 is 3.79 Å². The van der Waals surface area contributed by atoms with Gasteiger partial charge >= 0.3 is 0 Å². The molecular formula is C7H4Cl4N2. The van der Waals surface area contributed by atoms with Crippen molar-refractivity contribution in [3.8, 4) is 0 Å². The molecule has 2 nitrogen and oxygen atoms in total. The average Bonchev–Trinajstić information content (AvgIpc) is 2.02. The zero-order chi connectivity index (χ0) is 9.90. The van der Waals surface area contributed by atoms with Crippen LogP contribution in [0.15, 0.2) is 23.3 Å². The minimum Gasteiger partial charge on any atom is -0.237 e. The van der Waals surface area contributed by atoms with Crippen LogP contribution < -0.4 is 0 Å². The molecule has 6 heteroatoms. The molecule has 0 aromatic carbocycles. The summed E-state index contributed by atoms with van der Waals surface area (Å²) in [4.78, 5) is 7.70. The molecule has 0 saturated carbocycles. The highest BCUT2D eigenvalue weighted by atomic mass is 35.6. The van der Waals surface area contributed by atoms with Crippen LogP contribution in [0.1, 0.15) is 0 Å². The molecule has 0 radical (unpaired) electrons. The molecule has 0 spiro atoms. The molecule has 0 aliphatic heterocycles. The van der Waals surface area contributed by atoms with Crippen molar-refractivity contribution in [2.45, 2.75) is 3.79 Å². The second-order valence-electron chi connectivity index (χ2n) is 2.13. The van der Waals surface area contributed by atoms with Gasteiger partial charge in [-0.3, -0.25) is 0 Å². The van der Waals surface area contributed by atoms with Crippen LogP contribution in [-0.2, 0) is 0 Å². The molecule has 1 aromatic rings. The average molecular weight is 258 g/mol. The maximum absolute atomic E-state index is 5.61. The SMILES string of the molecule is Clc1ccc(N=CC(Cl)(Cl)Cl)nc1. The monoisotopic (exact) mass is 256 g/mol. The Kier molecular flexibility index (Phi) is 3.80. The van der Waals surface area contributed by atoms with E-state index >= 15 is 0 Å². The van der Waals surface area contributed by atoms with E-state index in [1.807, 2.05) is 0 Å². The Bertz CT molecular complexity index is 301. The van der Waals surface area contributed by atoms with Gasteiger partial charge in [-0.15, -0.1) is 0 Å². The zero-order valence-corrected chi connectivity index (χ0v) is 9.24. The van der Waals surface area contributed by atoms with Crippen LogP contribution in [0, 0.1) is 0 Å². The molecular weight excluding hydrogens is 254 g/mol. The van der Waals surface area contributed by atoms with Crippen molar-refractivity contribution < 1.29 is 0 Å². The highest BCUT2D eigenvalue weighted by molar-refractivity contribution is 6.74. The van der Waals surface area contributed by atoms with E-state index in [1.54, 1.807) is 12.1 Å². The topological polar surface area (TPSA) is 25.2 Å². The summed E-state index contributed by atoms with van der Waals surface area (Å²) >= 11 is 21.9.